The van der Waals surface area contributed by atoms with Gasteiger partial charge >= 0.3 is 0 Å². The smallest absolute Gasteiger partial charge is 0.278 e. The lowest BCUT2D eigenvalue weighted by atomic mass is 10.2. The summed E-state index contributed by atoms with van der Waals surface area (Å²) >= 11 is 0. The minimum absolute atomic E-state index is 0.0383. The largest absolute Gasteiger partial charge is 0.492 e. The topological polar surface area (TPSA) is 121 Å². The molecule has 0 aliphatic heterocycles. The molecule has 0 radical (unpaired) electrons. The van der Waals surface area contributed by atoms with E-state index in [1.54, 1.807) is 12.1 Å². The maximum absolute atomic E-state index is 11.4. The fourth-order valence-electron chi connectivity index (χ4n) is 1.52. The van der Waals surface area contributed by atoms with Gasteiger partial charge in [0.05, 0.1) is 11.3 Å². The Bertz CT molecular complexity index is 668. The van der Waals surface area contributed by atoms with E-state index in [1.165, 1.54) is 12.1 Å². The molecule has 19 heavy (non-hydrogen) atoms. The normalized spacial score (nSPS) is 10.1. The van der Waals surface area contributed by atoms with Crippen LogP contribution in [0.25, 0.3) is 0 Å². The summed E-state index contributed by atoms with van der Waals surface area (Å²) < 4.78 is 0. The van der Waals surface area contributed by atoms with Gasteiger partial charge in [-0.25, -0.2) is 4.98 Å². The van der Waals surface area contributed by atoms with Gasteiger partial charge in [-0.2, -0.15) is 0 Å². The molecule has 0 spiro atoms. The molecule has 2 aromatic rings. The Kier molecular flexibility index (Phi) is 3.42. The van der Waals surface area contributed by atoms with Crippen LogP contribution in [-0.4, -0.2) is 20.0 Å². The number of nitrogens with zero attached hydrogens (tertiary/aromatic N) is 2. The summed E-state index contributed by atoms with van der Waals surface area (Å²) in [7, 11) is 0. The van der Waals surface area contributed by atoms with Crippen molar-refractivity contribution in [2.24, 2.45) is 0 Å². The number of benzene rings is 1. The molecule has 0 fully saturated rings. The first-order valence-electron chi connectivity index (χ1n) is 5.32. The van der Waals surface area contributed by atoms with E-state index in [0.29, 0.717) is 5.56 Å². The van der Waals surface area contributed by atoms with E-state index >= 15 is 0 Å². The van der Waals surface area contributed by atoms with Crippen molar-refractivity contribution in [3.8, 4) is 5.88 Å². The Balaban J connectivity index is 2.17. The first kappa shape index (κ1) is 12.6. The number of non-ortho nitro benzene ring substituents is 1. The second kappa shape index (κ2) is 5.17. The molecule has 0 saturated heterocycles. The van der Waals surface area contributed by atoms with E-state index < -0.39 is 16.4 Å². The molecule has 3 N–H and O–H groups in total. The van der Waals surface area contributed by atoms with Crippen molar-refractivity contribution in [3.05, 3.63) is 56.6 Å². The Morgan fingerprint density at radius 3 is 2.95 bits per heavy atom. The van der Waals surface area contributed by atoms with Crippen molar-refractivity contribution in [2.75, 3.05) is 5.32 Å². The minimum Gasteiger partial charge on any atom is -0.492 e. The fraction of sp³-hybridized carbons (Fsp3) is 0.0909. The number of hydrogen-bond acceptors (Lipinski definition) is 6. The van der Waals surface area contributed by atoms with E-state index in [1.807, 2.05) is 0 Å². The van der Waals surface area contributed by atoms with Crippen LogP contribution in [-0.2, 0) is 6.54 Å². The molecule has 0 amide bonds. The number of nitro benzene ring substituents is 1. The molecule has 0 aliphatic rings. The number of anilines is 1. The quantitative estimate of drug-likeness (QED) is 0.558. The van der Waals surface area contributed by atoms with Crippen molar-refractivity contribution in [3.63, 3.8) is 0 Å². The van der Waals surface area contributed by atoms with Crippen molar-refractivity contribution >= 4 is 11.4 Å². The molecular formula is C11H10N4O4. The second-order valence-corrected chi connectivity index (χ2v) is 3.71. The lowest BCUT2D eigenvalue weighted by Gasteiger charge is -2.06. The first-order valence-corrected chi connectivity index (χ1v) is 5.32. The number of aromatic amines is 1. The second-order valence-electron chi connectivity index (χ2n) is 3.71. The zero-order chi connectivity index (χ0) is 13.8. The van der Waals surface area contributed by atoms with Gasteiger partial charge in [0.2, 0.25) is 5.88 Å². The highest BCUT2D eigenvalue weighted by Crippen LogP contribution is 2.16. The molecule has 8 nitrogen and oxygen atoms in total. The molecule has 0 unspecified atom stereocenters. The summed E-state index contributed by atoms with van der Waals surface area (Å²) in [5.41, 5.74) is -0.0209. The third kappa shape index (κ3) is 2.86. The first-order chi connectivity index (χ1) is 9.08. The number of nitrogens with one attached hydrogen (secondary N) is 2. The van der Waals surface area contributed by atoms with Crippen LogP contribution in [0.5, 0.6) is 5.88 Å². The number of rotatable bonds is 4. The summed E-state index contributed by atoms with van der Waals surface area (Å²) in [5, 5.41) is 22.7. The van der Waals surface area contributed by atoms with Crippen LogP contribution >= 0.6 is 0 Å². The highest BCUT2D eigenvalue weighted by atomic mass is 16.6. The third-order valence-electron chi connectivity index (χ3n) is 2.42. The number of aromatic nitrogens is 2. The summed E-state index contributed by atoms with van der Waals surface area (Å²) in [6.45, 7) is 0.157. The van der Waals surface area contributed by atoms with Gasteiger partial charge in [0.1, 0.15) is 0 Å². The van der Waals surface area contributed by atoms with Crippen molar-refractivity contribution in [1.29, 1.82) is 0 Å². The zero-order valence-electron chi connectivity index (χ0n) is 9.66. The summed E-state index contributed by atoms with van der Waals surface area (Å²) in [6.07, 6.45) is 1.08. The molecule has 0 atom stereocenters. The predicted octanol–water partition coefficient (Wildman–Crippen LogP) is 0.996. The van der Waals surface area contributed by atoms with Crippen LogP contribution in [0.1, 0.15) is 5.56 Å². The summed E-state index contributed by atoms with van der Waals surface area (Å²) in [4.78, 5) is 27.4. The monoisotopic (exact) mass is 262 g/mol. The minimum atomic E-state index is -0.516. The van der Waals surface area contributed by atoms with Gasteiger partial charge in [-0.15, -0.1) is 0 Å². The lowest BCUT2D eigenvalue weighted by Crippen LogP contribution is -2.14. The Hall–Kier alpha value is -2.90. The standard InChI is InChI=1S/C11H10N4O4/c16-10-9(11(17)14-6-13-10)12-5-7-2-1-3-8(4-7)15(18)19/h1-4,6,12H,5H2,(H2,13,14,16,17). The summed E-state index contributed by atoms with van der Waals surface area (Å²) in [5.74, 6) is -0.422. The van der Waals surface area contributed by atoms with Crippen LogP contribution < -0.4 is 10.9 Å². The Labute approximate surface area is 106 Å². The molecule has 8 heteroatoms. The van der Waals surface area contributed by atoms with Crippen molar-refractivity contribution < 1.29 is 10.0 Å². The molecule has 2 rings (SSSR count). The van der Waals surface area contributed by atoms with Crippen molar-refractivity contribution in [2.45, 2.75) is 6.54 Å². The maximum Gasteiger partial charge on any atom is 0.278 e. The molecule has 0 bridgehead atoms. The van der Waals surface area contributed by atoms with Crippen LogP contribution in [0.2, 0.25) is 0 Å². The molecule has 1 aromatic carbocycles. The van der Waals surface area contributed by atoms with E-state index in [4.69, 9.17) is 0 Å². The third-order valence-corrected chi connectivity index (χ3v) is 2.42. The molecule has 0 aliphatic carbocycles. The molecular weight excluding hydrogens is 252 g/mol. The van der Waals surface area contributed by atoms with Gasteiger partial charge in [-0.1, -0.05) is 12.1 Å². The number of hydrogen-bond donors (Lipinski definition) is 3. The van der Waals surface area contributed by atoms with Gasteiger partial charge in [0.25, 0.3) is 11.2 Å². The fourth-order valence-corrected chi connectivity index (χ4v) is 1.52. The van der Waals surface area contributed by atoms with E-state index in [9.17, 15) is 20.0 Å². The number of aromatic hydroxyl groups is 1. The number of H-pyrrole nitrogens is 1. The molecule has 98 valence electrons. The van der Waals surface area contributed by atoms with Crippen LogP contribution in [0.3, 0.4) is 0 Å². The van der Waals surface area contributed by atoms with E-state index in [-0.39, 0.29) is 17.9 Å². The lowest BCUT2D eigenvalue weighted by molar-refractivity contribution is -0.384. The Morgan fingerprint density at radius 1 is 1.47 bits per heavy atom. The average molecular weight is 262 g/mol. The van der Waals surface area contributed by atoms with Gasteiger partial charge in [0, 0.05) is 18.7 Å². The Morgan fingerprint density at radius 2 is 2.26 bits per heavy atom. The maximum atomic E-state index is 11.4. The number of nitro groups is 1. The zero-order valence-corrected chi connectivity index (χ0v) is 9.66. The van der Waals surface area contributed by atoms with E-state index in [2.05, 4.69) is 15.3 Å². The van der Waals surface area contributed by atoms with Crippen molar-refractivity contribution in [1.82, 2.24) is 9.97 Å². The van der Waals surface area contributed by atoms with Gasteiger partial charge in [-0.3, -0.25) is 14.9 Å². The highest BCUT2D eigenvalue weighted by Gasteiger charge is 2.09. The van der Waals surface area contributed by atoms with Gasteiger partial charge in [-0.05, 0) is 5.56 Å². The van der Waals surface area contributed by atoms with Crippen LogP contribution in [0, 0.1) is 10.1 Å². The highest BCUT2D eigenvalue weighted by molar-refractivity contribution is 5.50. The molecule has 1 heterocycles. The predicted molar refractivity (Wildman–Crippen MR) is 66.9 cm³/mol. The SMILES string of the molecule is O=c1[nH]cnc(O)c1NCc1cccc([N+](=O)[O-])c1. The van der Waals surface area contributed by atoms with E-state index in [0.717, 1.165) is 6.33 Å². The van der Waals surface area contributed by atoms with Crippen LogP contribution in [0.15, 0.2) is 35.4 Å². The summed E-state index contributed by atoms with van der Waals surface area (Å²) in [6, 6.07) is 5.97. The van der Waals surface area contributed by atoms with Gasteiger partial charge in [0.15, 0.2) is 5.69 Å². The average Bonchev–Trinajstić information content (AvgIpc) is 2.38. The van der Waals surface area contributed by atoms with Gasteiger partial charge < -0.3 is 15.4 Å². The molecule has 1 aromatic heterocycles. The van der Waals surface area contributed by atoms with Crippen LogP contribution in [0.4, 0.5) is 11.4 Å². The molecule has 0 saturated carbocycles.